The summed E-state index contributed by atoms with van der Waals surface area (Å²) in [6.07, 6.45) is 0. The average Bonchev–Trinajstić information content (AvgIpc) is 3.57. The Morgan fingerprint density at radius 1 is 0.321 bits per heavy atom. The highest BCUT2D eigenvalue weighted by atomic mass is 15.1. The first kappa shape index (κ1) is 31.5. The third-order valence-corrected chi connectivity index (χ3v) is 12.1. The number of benzene rings is 8. The molecule has 2 aliphatic carbocycles. The third kappa shape index (κ3) is 4.84. The van der Waals surface area contributed by atoms with Crippen LogP contribution < -0.4 is 4.90 Å². The number of hydrogen-bond donors (Lipinski definition) is 0. The minimum Gasteiger partial charge on any atom is -0.310 e. The second-order valence-electron chi connectivity index (χ2n) is 15.8. The Labute approximate surface area is 312 Å². The van der Waals surface area contributed by atoms with Crippen LogP contribution in [0.2, 0.25) is 0 Å². The van der Waals surface area contributed by atoms with E-state index in [0.29, 0.717) is 0 Å². The molecule has 8 aromatic carbocycles. The summed E-state index contributed by atoms with van der Waals surface area (Å²) in [7, 11) is 0. The molecule has 0 heterocycles. The first-order valence-electron chi connectivity index (χ1n) is 18.8. The second-order valence-corrected chi connectivity index (χ2v) is 15.8. The van der Waals surface area contributed by atoms with Crippen LogP contribution in [0.4, 0.5) is 17.1 Å². The average molecular weight is 680 g/mol. The number of fused-ring (bicyclic) bond motifs is 7. The van der Waals surface area contributed by atoms with Gasteiger partial charge in [0.25, 0.3) is 0 Å². The largest absolute Gasteiger partial charge is 0.310 e. The molecule has 1 nitrogen and oxygen atoms in total. The zero-order chi connectivity index (χ0) is 35.9. The molecule has 254 valence electrons. The highest BCUT2D eigenvalue weighted by Gasteiger charge is 2.38. The molecular weight excluding hydrogens is 639 g/mol. The van der Waals surface area contributed by atoms with E-state index >= 15 is 0 Å². The standard InChI is InChI=1S/C52H41N/c1-51(2)46-20-12-10-18-41(46)43-27-25-39(32-48(43)51)53(40-26-28-44-42-19-11-13-21-47(42)52(3,4)49(44)33-40)50-29-24-37(34-14-6-5-7-15-34)31-45(50)38-23-22-35-16-8-9-17-36(35)30-38/h5-33H,1-4H3. The minimum absolute atomic E-state index is 0.118. The summed E-state index contributed by atoms with van der Waals surface area (Å²) in [5.41, 5.74) is 18.9. The molecule has 53 heavy (non-hydrogen) atoms. The Morgan fingerprint density at radius 3 is 1.45 bits per heavy atom. The lowest BCUT2D eigenvalue weighted by atomic mass is 9.82. The van der Waals surface area contributed by atoms with Gasteiger partial charge in [-0.05, 0) is 114 Å². The van der Waals surface area contributed by atoms with E-state index in [1.807, 2.05) is 0 Å². The lowest BCUT2D eigenvalue weighted by molar-refractivity contribution is 0.660. The molecular formula is C52H41N. The number of nitrogens with zero attached hydrogens (tertiary/aromatic N) is 1. The SMILES string of the molecule is CC1(C)c2ccccc2-c2ccc(N(c3ccc4c(c3)C(C)(C)c3ccccc3-4)c3ccc(-c4ccccc4)cc3-c3ccc4ccccc4c3)cc21. The zero-order valence-corrected chi connectivity index (χ0v) is 30.7. The van der Waals surface area contributed by atoms with Gasteiger partial charge in [-0.1, -0.05) is 161 Å². The Hall–Kier alpha value is -6.18. The van der Waals surface area contributed by atoms with Crippen LogP contribution in [-0.4, -0.2) is 0 Å². The van der Waals surface area contributed by atoms with Crippen molar-refractivity contribution in [1.82, 2.24) is 0 Å². The van der Waals surface area contributed by atoms with E-state index in [1.165, 1.54) is 77.5 Å². The van der Waals surface area contributed by atoms with Crippen LogP contribution >= 0.6 is 0 Å². The van der Waals surface area contributed by atoms with E-state index in [1.54, 1.807) is 0 Å². The zero-order valence-electron chi connectivity index (χ0n) is 30.7. The fraction of sp³-hybridized carbons (Fsp3) is 0.115. The van der Waals surface area contributed by atoms with Gasteiger partial charge < -0.3 is 4.90 Å². The molecule has 10 rings (SSSR count). The lowest BCUT2D eigenvalue weighted by Gasteiger charge is -2.31. The maximum absolute atomic E-state index is 2.51. The van der Waals surface area contributed by atoms with Gasteiger partial charge in [-0.25, -0.2) is 0 Å². The predicted octanol–water partition coefficient (Wildman–Crippen LogP) is 14.3. The van der Waals surface area contributed by atoms with E-state index < -0.39 is 0 Å². The third-order valence-electron chi connectivity index (χ3n) is 12.1. The van der Waals surface area contributed by atoms with E-state index in [2.05, 4.69) is 209 Å². The van der Waals surface area contributed by atoms with Crippen molar-refractivity contribution >= 4 is 27.8 Å². The van der Waals surface area contributed by atoms with Crippen LogP contribution in [0.15, 0.2) is 176 Å². The molecule has 0 fully saturated rings. The molecule has 0 spiro atoms. The molecule has 0 radical (unpaired) electrons. The van der Waals surface area contributed by atoms with Crippen molar-refractivity contribution in [3.05, 3.63) is 198 Å². The number of rotatable bonds is 5. The van der Waals surface area contributed by atoms with Gasteiger partial charge in [0.05, 0.1) is 5.69 Å². The van der Waals surface area contributed by atoms with Crippen molar-refractivity contribution in [1.29, 1.82) is 0 Å². The smallest absolute Gasteiger partial charge is 0.0540 e. The van der Waals surface area contributed by atoms with Crippen molar-refractivity contribution in [2.24, 2.45) is 0 Å². The Kier molecular flexibility index (Phi) is 6.94. The van der Waals surface area contributed by atoms with Crippen molar-refractivity contribution in [2.75, 3.05) is 4.90 Å². The van der Waals surface area contributed by atoms with Gasteiger partial charge in [0.2, 0.25) is 0 Å². The van der Waals surface area contributed by atoms with Crippen LogP contribution in [0, 0.1) is 0 Å². The van der Waals surface area contributed by atoms with Crippen LogP contribution in [-0.2, 0) is 10.8 Å². The van der Waals surface area contributed by atoms with Crippen LogP contribution in [0.5, 0.6) is 0 Å². The maximum Gasteiger partial charge on any atom is 0.0540 e. The van der Waals surface area contributed by atoms with Gasteiger partial charge in [0.15, 0.2) is 0 Å². The van der Waals surface area contributed by atoms with Crippen molar-refractivity contribution in [3.8, 4) is 44.5 Å². The topological polar surface area (TPSA) is 3.24 Å². The number of hydrogen-bond acceptors (Lipinski definition) is 1. The molecule has 0 N–H and O–H groups in total. The normalized spacial score (nSPS) is 14.3. The number of anilines is 3. The molecule has 1 heteroatoms. The lowest BCUT2D eigenvalue weighted by Crippen LogP contribution is -2.18. The molecule has 8 aromatic rings. The minimum atomic E-state index is -0.118. The van der Waals surface area contributed by atoms with Crippen molar-refractivity contribution in [3.63, 3.8) is 0 Å². The fourth-order valence-corrected chi connectivity index (χ4v) is 9.22. The van der Waals surface area contributed by atoms with E-state index in [0.717, 1.165) is 17.1 Å². The summed E-state index contributed by atoms with van der Waals surface area (Å²) in [5.74, 6) is 0. The monoisotopic (exact) mass is 679 g/mol. The molecule has 0 saturated carbocycles. The summed E-state index contributed by atoms with van der Waals surface area (Å²) in [6.45, 7) is 9.48. The molecule has 0 atom stereocenters. The molecule has 0 saturated heterocycles. The van der Waals surface area contributed by atoms with E-state index in [-0.39, 0.29) is 10.8 Å². The van der Waals surface area contributed by atoms with Crippen molar-refractivity contribution < 1.29 is 0 Å². The molecule has 0 amide bonds. The Morgan fingerprint density at radius 2 is 0.830 bits per heavy atom. The van der Waals surface area contributed by atoms with Gasteiger partial charge in [-0.2, -0.15) is 0 Å². The van der Waals surface area contributed by atoms with Crippen LogP contribution in [0.25, 0.3) is 55.3 Å². The summed E-state index contributed by atoms with van der Waals surface area (Å²) in [5, 5.41) is 2.48. The molecule has 2 aliphatic rings. The summed E-state index contributed by atoms with van der Waals surface area (Å²) in [4.78, 5) is 2.51. The van der Waals surface area contributed by atoms with E-state index in [4.69, 9.17) is 0 Å². The molecule has 0 aromatic heterocycles. The highest BCUT2D eigenvalue weighted by molar-refractivity contribution is 5.96. The summed E-state index contributed by atoms with van der Waals surface area (Å²) >= 11 is 0. The van der Waals surface area contributed by atoms with Crippen molar-refractivity contribution in [2.45, 2.75) is 38.5 Å². The first-order valence-corrected chi connectivity index (χ1v) is 18.8. The predicted molar refractivity (Wildman–Crippen MR) is 225 cm³/mol. The van der Waals surface area contributed by atoms with Gasteiger partial charge in [0.1, 0.15) is 0 Å². The van der Waals surface area contributed by atoms with Gasteiger partial charge in [0, 0.05) is 27.8 Å². The van der Waals surface area contributed by atoms with E-state index in [9.17, 15) is 0 Å². The van der Waals surface area contributed by atoms with Gasteiger partial charge in [-0.15, -0.1) is 0 Å². The summed E-state index contributed by atoms with van der Waals surface area (Å²) < 4.78 is 0. The van der Waals surface area contributed by atoms with Crippen LogP contribution in [0.1, 0.15) is 49.9 Å². The second kappa shape index (κ2) is 11.7. The van der Waals surface area contributed by atoms with Gasteiger partial charge in [-0.3, -0.25) is 0 Å². The molecule has 0 bridgehead atoms. The first-order chi connectivity index (χ1) is 25.8. The highest BCUT2D eigenvalue weighted by Crippen LogP contribution is 2.54. The maximum atomic E-state index is 2.51. The molecule has 0 aliphatic heterocycles. The summed E-state index contributed by atoms with van der Waals surface area (Å²) in [6, 6.07) is 65.5. The quantitative estimate of drug-likeness (QED) is 0.175. The molecule has 0 unspecified atom stereocenters. The van der Waals surface area contributed by atoms with Crippen LogP contribution in [0.3, 0.4) is 0 Å². The fourth-order valence-electron chi connectivity index (χ4n) is 9.22. The van der Waals surface area contributed by atoms with Gasteiger partial charge >= 0.3 is 0 Å². The Balaban J connectivity index is 1.24. The Bertz CT molecular complexity index is 2620.